The summed E-state index contributed by atoms with van der Waals surface area (Å²) >= 11 is 0. The van der Waals surface area contributed by atoms with Crippen molar-refractivity contribution in [2.75, 3.05) is 12.4 Å². The van der Waals surface area contributed by atoms with Crippen LogP contribution in [-0.4, -0.2) is 41.7 Å². The molecule has 1 spiro atoms. The van der Waals surface area contributed by atoms with Gasteiger partial charge in [0.15, 0.2) is 0 Å². The second-order valence-electron chi connectivity index (χ2n) is 8.80. The van der Waals surface area contributed by atoms with Gasteiger partial charge in [-0.1, -0.05) is 30.3 Å². The van der Waals surface area contributed by atoms with E-state index in [1.54, 1.807) is 37.4 Å². The summed E-state index contributed by atoms with van der Waals surface area (Å²) in [5.41, 5.74) is 6.86. The van der Waals surface area contributed by atoms with Gasteiger partial charge in [-0.2, -0.15) is 0 Å². The predicted octanol–water partition coefficient (Wildman–Crippen LogP) is 0.800. The molecule has 33 heavy (non-hydrogen) atoms. The first-order valence-electron chi connectivity index (χ1n) is 10.7. The Morgan fingerprint density at radius 3 is 2.52 bits per heavy atom. The number of methoxy groups -OCH3 is 1. The maximum atomic E-state index is 13.7. The lowest BCUT2D eigenvalue weighted by molar-refractivity contribution is -0.143. The Labute approximate surface area is 190 Å². The summed E-state index contributed by atoms with van der Waals surface area (Å²) < 4.78 is 5.17. The molecule has 0 aliphatic carbocycles. The van der Waals surface area contributed by atoms with Gasteiger partial charge in [-0.3, -0.25) is 29.4 Å². The molecule has 2 saturated heterocycles. The van der Waals surface area contributed by atoms with E-state index >= 15 is 0 Å². The quantitative estimate of drug-likeness (QED) is 0.580. The average Bonchev–Trinajstić information content (AvgIpc) is 3.35. The molecule has 0 bridgehead atoms. The number of hydrogen-bond donors (Lipinski definition) is 3. The van der Waals surface area contributed by atoms with Crippen LogP contribution in [0.25, 0.3) is 0 Å². The monoisotopic (exact) mass is 448 g/mol. The highest BCUT2D eigenvalue weighted by Crippen LogP contribution is 2.54. The summed E-state index contributed by atoms with van der Waals surface area (Å²) in [6, 6.07) is 11.8. The second kappa shape index (κ2) is 7.41. The van der Waals surface area contributed by atoms with E-state index in [1.807, 2.05) is 19.1 Å². The smallest absolute Gasteiger partial charge is 0.250 e. The molecule has 5 rings (SSSR count). The van der Waals surface area contributed by atoms with E-state index in [9.17, 15) is 19.2 Å². The van der Waals surface area contributed by atoms with Crippen LogP contribution in [0.1, 0.15) is 23.1 Å². The fourth-order valence-corrected chi connectivity index (χ4v) is 5.50. The van der Waals surface area contributed by atoms with Gasteiger partial charge in [0.1, 0.15) is 11.3 Å². The van der Waals surface area contributed by atoms with Crippen LogP contribution in [0.3, 0.4) is 0 Å². The zero-order valence-electron chi connectivity index (χ0n) is 18.3. The Hall–Kier alpha value is -3.72. The molecule has 3 aliphatic heterocycles. The maximum absolute atomic E-state index is 13.7. The molecule has 2 unspecified atom stereocenters. The Morgan fingerprint density at radius 1 is 1.12 bits per heavy atom. The Balaban J connectivity index is 1.58. The van der Waals surface area contributed by atoms with E-state index in [0.717, 1.165) is 11.1 Å². The number of likely N-dealkylation sites (tertiary alicyclic amines) is 1. The van der Waals surface area contributed by atoms with E-state index < -0.39 is 47.0 Å². The van der Waals surface area contributed by atoms with Crippen LogP contribution in [-0.2, 0) is 31.3 Å². The minimum Gasteiger partial charge on any atom is -0.497 e. The Kier molecular flexibility index (Phi) is 4.75. The van der Waals surface area contributed by atoms with Crippen LogP contribution in [0.4, 0.5) is 5.69 Å². The number of para-hydroxylation sites is 1. The maximum Gasteiger partial charge on any atom is 0.250 e. The number of ether oxygens (including phenoxy) is 1. The molecule has 2 aromatic carbocycles. The van der Waals surface area contributed by atoms with Gasteiger partial charge in [-0.05, 0) is 30.2 Å². The molecule has 3 aliphatic rings. The molecule has 0 radical (unpaired) electrons. The van der Waals surface area contributed by atoms with Crippen molar-refractivity contribution in [3.63, 3.8) is 0 Å². The summed E-state index contributed by atoms with van der Waals surface area (Å²) in [4.78, 5) is 53.6. The third-order valence-corrected chi connectivity index (χ3v) is 6.97. The van der Waals surface area contributed by atoms with Gasteiger partial charge in [-0.15, -0.1) is 0 Å². The minimum absolute atomic E-state index is 0.0658. The van der Waals surface area contributed by atoms with Crippen molar-refractivity contribution in [3.8, 4) is 5.75 Å². The minimum atomic E-state index is -1.44. The molecular formula is C24H24N4O5. The number of carbonyl (C=O) groups is 4. The lowest BCUT2D eigenvalue weighted by Gasteiger charge is -2.29. The van der Waals surface area contributed by atoms with Crippen LogP contribution < -0.4 is 21.1 Å². The highest BCUT2D eigenvalue weighted by atomic mass is 16.5. The first kappa shape index (κ1) is 21.1. The summed E-state index contributed by atoms with van der Waals surface area (Å²) in [5.74, 6) is -3.05. The number of rotatable bonds is 5. The first-order valence-corrected chi connectivity index (χ1v) is 10.7. The van der Waals surface area contributed by atoms with E-state index in [0.29, 0.717) is 17.0 Å². The number of aryl methyl sites for hydroxylation is 1. The van der Waals surface area contributed by atoms with Crippen molar-refractivity contribution in [2.45, 2.75) is 31.5 Å². The molecule has 4 atom stereocenters. The molecule has 170 valence electrons. The van der Waals surface area contributed by atoms with E-state index in [1.165, 1.54) is 4.90 Å². The highest BCUT2D eigenvalue weighted by Gasteiger charge is 2.70. The van der Waals surface area contributed by atoms with Crippen molar-refractivity contribution in [3.05, 3.63) is 59.2 Å². The number of primary amides is 1. The predicted molar refractivity (Wildman–Crippen MR) is 118 cm³/mol. The number of nitrogens with zero attached hydrogens (tertiary/aromatic N) is 1. The molecule has 2 aromatic rings. The Morgan fingerprint density at radius 2 is 1.85 bits per heavy atom. The first-order chi connectivity index (χ1) is 15.8. The van der Waals surface area contributed by atoms with Gasteiger partial charge >= 0.3 is 0 Å². The van der Waals surface area contributed by atoms with E-state index in [4.69, 9.17) is 10.5 Å². The fraction of sp³-hybridized carbons (Fsp3) is 0.333. The van der Waals surface area contributed by atoms with Gasteiger partial charge in [0.2, 0.25) is 23.6 Å². The topological polar surface area (TPSA) is 131 Å². The van der Waals surface area contributed by atoms with Crippen molar-refractivity contribution in [1.29, 1.82) is 0 Å². The van der Waals surface area contributed by atoms with Gasteiger partial charge in [0.05, 0.1) is 25.5 Å². The molecule has 2 fully saturated rings. The fourth-order valence-electron chi connectivity index (χ4n) is 5.50. The number of fused-ring (bicyclic) bond motifs is 4. The molecule has 4 amide bonds. The normalized spacial score (nSPS) is 27.6. The van der Waals surface area contributed by atoms with Crippen LogP contribution in [0.2, 0.25) is 0 Å². The second-order valence-corrected chi connectivity index (χ2v) is 8.80. The Bertz CT molecular complexity index is 1190. The number of nitrogens with one attached hydrogen (secondary N) is 2. The lowest BCUT2D eigenvalue weighted by atomic mass is 9.76. The van der Waals surface area contributed by atoms with Gasteiger partial charge in [-0.25, -0.2) is 0 Å². The van der Waals surface area contributed by atoms with Crippen LogP contribution in [0.15, 0.2) is 42.5 Å². The van der Waals surface area contributed by atoms with Crippen molar-refractivity contribution in [1.82, 2.24) is 10.2 Å². The zero-order chi connectivity index (χ0) is 23.5. The number of carbonyl (C=O) groups excluding carboxylic acids is 4. The third kappa shape index (κ3) is 2.96. The molecule has 4 N–H and O–H groups in total. The summed E-state index contributed by atoms with van der Waals surface area (Å²) in [5, 5.41) is 6.08. The van der Waals surface area contributed by atoms with E-state index in [-0.39, 0.29) is 13.0 Å². The zero-order valence-corrected chi connectivity index (χ0v) is 18.3. The van der Waals surface area contributed by atoms with Crippen molar-refractivity contribution < 1.29 is 23.9 Å². The number of benzene rings is 2. The number of nitrogens with two attached hydrogens (primary N) is 1. The van der Waals surface area contributed by atoms with Crippen molar-refractivity contribution in [2.24, 2.45) is 17.6 Å². The standard InChI is InChI=1S/C24H24N4O5/c1-12-4-3-5-15-20(12)26-23(32)24(15)19-18(16(27-24)10-17(25)29)21(30)28(22(19)31)11-13-6-8-14(33-2)9-7-13/h3-9,16,18-19,27H,10-11H2,1-2H3,(H2,25,29)(H,26,32)/t16?,18-,19+,24?/m1/s1. The van der Waals surface area contributed by atoms with Gasteiger partial charge in [0, 0.05) is 23.7 Å². The largest absolute Gasteiger partial charge is 0.497 e. The van der Waals surface area contributed by atoms with Gasteiger partial charge < -0.3 is 15.8 Å². The molecular weight excluding hydrogens is 424 g/mol. The highest BCUT2D eigenvalue weighted by molar-refractivity contribution is 6.15. The number of imide groups is 1. The number of anilines is 1. The number of hydrogen-bond acceptors (Lipinski definition) is 6. The van der Waals surface area contributed by atoms with Crippen LogP contribution in [0, 0.1) is 18.8 Å². The van der Waals surface area contributed by atoms with Crippen LogP contribution in [0.5, 0.6) is 5.75 Å². The molecule has 9 heteroatoms. The molecule has 0 aromatic heterocycles. The molecule has 9 nitrogen and oxygen atoms in total. The van der Waals surface area contributed by atoms with Crippen LogP contribution >= 0.6 is 0 Å². The lowest BCUT2D eigenvalue weighted by Crippen LogP contribution is -2.53. The number of amides is 4. The molecule has 0 saturated carbocycles. The average molecular weight is 448 g/mol. The van der Waals surface area contributed by atoms with Crippen molar-refractivity contribution >= 4 is 29.3 Å². The summed E-state index contributed by atoms with van der Waals surface area (Å²) in [6.07, 6.45) is -0.160. The SMILES string of the molecule is COc1ccc(CN2C(=O)[C@@H]3C(CC(N)=O)NC4(C(=O)Nc5c(C)cccc54)[C@@H]3C2=O)cc1. The third-order valence-electron chi connectivity index (χ3n) is 6.97. The summed E-state index contributed by atoms with van der Waals surface area (Å²) in [7, 11) is 1.56. The van der Waals surface area contributed by atoms with E-state index in [2.05, 4.69) is 10.6 Å². The van der Waals surface area contributed by atoms with Gasteiger partial charge in [0.25, 0.3) is 0 Å². The summed E-state index contributed by atoms with van der Waals surface area (Å²) in [6.45, 7) is 1.93. The molecule has 3 heterocycles.